The minimum atomic E-state index is 0.0450. The first-order chi connectivity index (χ1) is 8.15. The molecular weight excluding hydrogens is 216 g/mol. The Balaban J connectivity index is 2.44. The second-order valence-corrected chi connectivity index (χ2v) is 4.14. The predicted octanol–water partition coefficient (Wildman–Crippen LogP) is 2.54. The largest absolute Gasteiger partial charge is 0.385 e. The fraction of sp³-hybridized carbons (Fsp3) is 0.500. The van der Waals surface area contributed by atoms with Gasteiger partial charge in [0.15, 0.2) is 5.78 Å². The highest BCUT2D eigenvalue weighted by Gasteiger charge is 2.09. The normalized spacial score (nSPS) is 10.5. The zero-order valence-corrected chi connectivity index (χ0v) is 10.8. The van der Waals surface area contributed by atoms with Gasteiger partial charge in [-0.15, -0.1) is 0 Å². The molecule has 0 aliphatic carbocycles. The van der Waals surface area contributed by atoms with Crippen LogP contribution in [-0.2, 0) is 9.47 Å². The van der Waals surface area contributed by atoms with Crippen molar-refractivity contribution in [3.8, 4) is 0 Å². The van der Waals surface area contributed by atoms with E-state index in [1.54, 1.807) is 7.11 Å². The van der Waals surface area contributed by atoms with Crippen molar-refractivity contribution in [2.45, 2.75) is 20.3 Å². The number of hydrogen-bond donors (Lipinski definition) is 0. The van der Waals surface area contributed by atoms with Crippen molar-refractivity contribution in [3.05, 3.63) is 34.9 Å². The van der Waals surface area contributed by atoms with Crippen LogP contribution in [-0.4, -0.2) is 32.7 Å². The summed E-state index contributed by atoms with van der Waals surface area (Å²) >= 11 is 0. The summed E-state index contributed by atoms with van der Waals surface area (Å²) in [5.74, 6) is 0.0450. The maximum absolute atomic E-state index is 11.9. The second kappa shape index (κ2) is 7.20. The van der Waals surface area contributed by atoms with Crippen molar-refractivity contribution in [2.24, 2.45) is 0 Å². The van der Waals surface area contributed by atoms with E-state index < -0.39 is 0 Å². The van der Waals surface area contributed by atoms with E-state index in [9.17, 15) is 4.79 Å². The van der Waals surface area contributed by atoms with Crippen LogP contribution >= 0.6 is 0 Å². The maximum atomic E-state index is 11.9. The van der Waals surface area contributed by atoms with Gasteiger partial charge in [0.25, 0.3) is 0 Å². The first-order valence-electron chi connectivity index (χ1n) is 5.82. The fourth-order valence-electron chi connectivity index (χ4n) is 1.58. The zero-order valence-electron chi connectivity index (χ0n) is 10.8. The Morgan fingerprint density at radius 1 is 1.24 bits per heavy atom. The molecule has 1 aromatic carbocycles. The van der Waals surface area contributed by atoms with E-state index in [1.165, 1.54) is 0 Å². The van der Waals surface area contributed by atoms with Gasteiger partial charge in [-0.2, -0.15) is 0 Å². The van der Waals surface area contributed by atoms with Crippen LogP contribution in [0.5, 0.6) is 0 Å². The molecule has 0 saturated heterocycles. The molecule has 0 fully saturated rings. The first-order valence-corrected chi connectivity index (χ1v) is 5.82. The molecule has 1 rings (SSSR count). The SMILES string of the molecule is COCCCOCC(=O)c1cc(C)ccc1C. The number of ether oxygens (including phenoxy) is 2. The van der Waals surface area contributed by atoms with Crippen LogP contribution in [0.3, 0.4) is 0 Å². The van der Waals surface area contributed by atoms with E-state index in [-0.39, 0.29) is 12.4 Å². The number of methoxy groups -OCH3 is 1. The molecule has 0 heterocycles. The number of carbonyl (C=O) groups excluding carboxylic acids is 1. The van der Waals surface area contributed by atoms with Crippen molar-refractivity contribution in [3.63, 3.8) is 0 Å². The number of Topliss-reactive ketones (excluding diaryl/α,β-unsaturated/α-hetero) is 1. The van der Waals surface area contributed by atoms with Gasteiger partial charge in [-0.25, -0.2) is 0 Å². The van der Waals surface area contributed by atoms with Gasteiger partial charge in [-0.1, -0.05) is 17.7 Å². The summed E-state index contributed by atoms with van der Waals surface area (Å²) in [5.41, 5.74) is 2.86. The van der Waals surface area contributed by atoms with Crippen molar-refractivity contribution >= 4 is 5.78 Å². The summed E-state index contributed by atoms with van der Waals surface area (Å²) in [4.78, 5) is 11.9. The lowest BCUT2D eigenvalue weighted by Crippen LogP contribution is -2.12. The van der Waals surface area contributed by atoms with Gasteiger partial charge in [-0.05, 0) is 31.9 Å². The molecule has 0 aromatic heterocycles. The predicted molar refractivity (Wildman–Crippen MR) is 67.6 cm³/mol. The molecule has 0 radical (unpaired) electrons. The summed E-state index contributed by atoms with van der Waals surface area (Å²) in [6.07, 6.45) is 0.816. The number of ketones is 1. The summed E-state index contributed by atoms with van der Waals surface area (Å²) in [6.45, 7) is 5.30. The van der Waals surface area contributed by atoms with Crippen LogP contribution in [0, 0.1) is 13.8 Å². The number of hydrogen-bond acceptors (Lipinski definition) is 3. The van der Waals surface area contributed by atoms with Gasteiger partial charge in [0, 0.05) is 25.9 Å². The first kappa shape index (κ1) is 13.9. The Bertz CT molecular complexity index is 372. The van der Waals surface area contributed by atoms with Crippen molar-refractivity contribution in [1.29, 1.82) is 0 Å². The Morgan fingerprint density at radius 3 is 2.71 bits per heavy atom. The van der Waals surface area contributed by atoms with E-state index in [0.29, 0.717) is 13.2 Å². The highest BCUT2D eigenvalue weighted by Crippen LogP contribution is 2.11. The van der Waals surface area contributed by atoms with Gasteiger partial charge in [0.05, 0.1) is 0 Å². The van der Waals surface area contributed by atoms with E-state index in [2.05, 4.69) is 0 Å². The van der Waals surface area contributed by atoms with Gasteiger partial charge in [0.1, 0.15) is 6.61 Å². The Hall–Kier alpha value is -1.19. The minimum absolute atomic E-state index is 0.0450. The van der Waals surface area contributed by atoms with Crippen LogP contribution in [0.1, 0.15) is 27.9 Å². The summed E-state index contributed by atoms with van der Waals surface area (Å²) < 4.78 is 10.2. The summed E-state index contributed by atoms with van der Waals surface area (Å²) in [7, 11) is 1.65. The highest BCUT2D eigenvalue weighted by molar-refractivity contribution is 5.98. The fourth-order valence-corrected chi connectivity index (χ4v) is 1.58. The lowest BCUT2D eigenvalue weighted by atomic mass is 10.0. The molecule has 0 atom stereocenters. The van der Waals surface area contributed by atoms with Gasteiger partial charge in [-0.3, -0.25) is 4.79 Å². The van der Waals surface area contributed by atoms with Crippen LogP contribution < -0.4 is 0 Å². The molecule has 0 bridgehead atoms. The standard InChI is InChI=1S/C14H20O3/c1-11-5-6-12(2)13(9-11)14(15)10-17-8-4-7-16-3/h5-6,9H,4,7-8,10H2,1-3H3. The van der Waals surface area contributed by atoms with E-state index in [0.717, 1.165) is 23.1 Å². The molecule has 0 spiro atoms. The molecular formula is C14H20O3. The second-order valence-electron chi connectivity index (χ2n) is 4.14. The van der Waals surface area contributed by atoms with Crippen LogP contribution in [0.2, 0.25) is 0 Å². The number of aryl methyl sites for hydroxylation is 2. The molecule has 3 nitrogen and oxygen atoms in total. The van der Waals surface area contributed by atoms with Gasteiger partial charge < -0.3 is 9.47 Å². The Labute approximate surface area is 103 Å². The van der Waals surface area contributed by atoms with Crippen LogP contribution in [0.15, 0.2) is 18.2 Å². The van der Waals surface area contributed by atoms with Gasteiger partial charge in [0.2, 0.25) is 0 Å². The smallest absolute Gasteiger partial charge is 0.188 e. The average molecular weight is 236 g/mol. The Kier molecular flexibility index (Phi) is 5.87. The lowest BCUT2D eigenvalue weighted by Gasteiger charge is -2.07. The number of rotatable bonds is 7. The molecule has 0 unspecified atom stereocenters. The maximum Gasteiger partial charge on any atom is 0.188 e. The van der Waals surface area contributed by atoms with Crippen LogP contribution in [0.4, 0.5) is 0 Å². The topological polar surface area (TPSA) is 35.5 Å². The molecule has 1 aromatic rings. The third-order valence-electron chi connectivity index (χ3n) is 2.56. The van der Waals surface area contributed by atoms with E-state index in [1.807, 2.05) is 32.0 Å². The number of benzene rings is 1. The molecule has 0 saturated carbocycles. The molecule has 0 aliphatic rings. The molecule has 0 amide bonds. The third-order valence-corrected chi connectivity index (χ3v) is 2.56. The molecule has 0 aliphatic heterocycles. The summed E-state index contributed by atoms with van der Waals surface area (Å²) in [5, 5.41) is 0. The van der Waals surface area contributed by atoms with Gasteiger partial charge >= 0.3 is 0 Å². The Morgan fingerprint density at radius 2 is 2.00 bits per heavy atom. The average Bonchev–Trinajstić information content (AvgIpc) is 2.32. The third kappa shape index (κ3) is 4.67. The van der Waals surface area contributed by atoms with Crippen molar-refractivity contribution in [2.75, 3.05) is 26.9 Å². The lowest BCUT2D eigenvalue weighted by molar-refractivity contribution is 0.0704. The number of carbonyl (C=O) groups is 1. The van der Waals surface area contributed by atoms with Crippen LogP contribution in [0.25, 0.3) is 0 Å². The molecule has 17 heavy (non-hydrogen) atoms. The summed E-state index contributed by atoms with van der Waals surface area (Å²) in [6, 6.07) is 5.88. The van der Waals surface area contributed by atoms with Crippen molar-refractivity contribution < 1.29 is 14.3 Å². The van der Waals surface area contributed by atoms with E-state index in [4.69, 9.17) is 9.47 Å². The minimum Gasteiger partial charge on any atom is -0.385 e. The van der Waals surface area contributed by atoms with E-state index >= 15 is 0 Å². The zero-order chi connectivity index (χ0) is 12.7. The molecule has 3 heteroatoms. The van der Waals surface area contributed by atoms with Crippen molar-refractivity contribution in [1.82, 2.24) is 0 Å². The monoisotopic (exact) mass is 236 g/mol. The molecule has 0 N–H and O–H groups in total. The highest BCUT2D eigenvalue weighted by atomic mass is 16.5. The molecule has 94 valence electrons. The quantitative estimate of drug-likeness (QED) is 0.539.